The van der Waals surface area contributed by atoms with Gasteiger partial charge in [0.15, 0.2) is 11.5 Å². The predicted octanol–water partition coefficient (Wildman–Crippen LogP) is 6.72. The lowest BCUT2D eigenvalue weighted by molar-refractivity contribution is 0.173. The number of carbonyl (C=O) groups is 1. The van der Waals surface area contributed by atoms with Crippen LogP contribution in [0.5, 0.6) is 11.5 Å². The highest BCUT2D eigenvalue weighted by Gasteiger charge is 2.17. The summed E-state index contributed by atoms with van der Waals surface area (Å²) in [6.45, 7) is 0.853. The fourth-order valence-electron chi connectivity index (χ4n) is 3.20. The molecule has 33 heavy (non-hydrogen) atoms. The lowest BCUT2D eigenvalue weighted by Crippen LogP contribution is -2.20. The monoisotopic (exact) mass is 487 g/mol. The van der Waals surface area contributed by atoms with Crippen LogP contribution in [0.15, 0.2) is 66.7 Å². The Labute approximate surface area is 204 Å². The molecule has 3 aromatic rings. The Morgan fingerprint density at radius 2 is 1.58 bits per heavy atom. The molecule has 0 saturated carbocycles. The van der Waals surface area contributed by atoms with E-state index in [4.69, 9.17) is 32.7 Å². The second-order valence-corrected chi connectivity index (χ2v) is 8.50. The highest BCUT2D eigenvalue weighted by molar-refractivity contribution is 6.42. The van der Waals surface area contributed by atoms with Gasteiger partial charge in [0.05, 0.1) is 17.2 Å². The molecular formula is C25H27Cl2N3O3. The molecule has 1 atom stereocenters. The van der Waals surface area contributed by atoms with Crippen molar-refractivity contribution in [3.05, 3.63) is 82.3 Å². The summed E-state index contributed by atoms with van der Waals surface area (Å²) in [4.78, 5) is 14.6. The van der Waals surface area contributed by atoms with Gasteiger partial charge >= 0.3 is 6.03 Å². The molecule has 2 amide bonds. The van der Waals surface area contributed by atoms with Crippen molar-refractivity contribution in [1.29, 1.82) is 0 Å². The van der Waals surface area contributed by atoms with Gasteiger partial charge < -0.3 is 25.0 Å². The van der Waals surface area contributed by atoms with Gasteiger partial charge in [-0.3, -0.25) is 0 Å². The van der Waals surface area contributed by atoms with E-state index in [1.165, 1.54) is 0 Å². The number of halogens is 2. The smallest absolute Gasteiger partial charge is 0.323 e. The Kier molecular flexibility index (Phi) is 8.83. The number of hydrogen-bond acceptors (Lipinski definition) is 4. The first-order valence-electron chi connectivity index (χ1n) is 10.4. The molecule has 0 fully saturated rings. The van der Waals surface area contributed by atoms with Gasteiger partial charge in [-0.25, -0.2) is 4.79 Å². The lowest BCUT2D eigenvalue weighted by Gasteiger charge is -2.23. The van der Waals surface area contributed by atoms with Gasteiger partial charge in [0, 0.05) is 30.4 Å². The number of ether oxygens (including phenoxy) is 2. The van der Waals surface area contributed by atoms with E-state index in [2.05, 4.69) is 15.5 Å². The highest BCUT2D eigenvalue weighted by atomic mass is 35.5. The van der Waals surface area contributed by atoms with Crippen LogP contribution in [0.2, 0.25) is 10.0 Å². The molecule has 8 heteroatoms. The van der Waals surface area contributed by atoms with Gasteiger partial charge in [-0.2, -0.15) is 0 Å². The molecule has 0 aliphatic carbocycles. The molecule has 0 bridgehead atoms. The average molecular weight is 488 g/mol. The Balaban J connectivity index is 1.77. The number of urea groups is 1. The van der Waals surface area contributed by atoms with Crippen LogP contribution in [0.3, 0.4) is 0 Å². The summed E-state index contributed by atoms with van der Waals surface area (Å²) < 4.78 is 11.9. The van der Waals surface area contributed by atoms with Crippen LogP contribution in [-0.4, -0.2) is 38.7 Å². The molecule has 0 aromatic heterocycles. The van der Waals surface area contributed by atoms with Gasteiger partial charge in [0.25, 0.3) is 0 Å². The van der Waals surface area contributed by atoms with Crippen molar-refractivity contribution < 1.29 is 14.3 Å². The maximum atomic E-state index is 12.5. The molecule has 6 nitrogen and oxygen atoms in total. The summed E-state index contributed by atoms with van der Waals surface area (Å²) in [6, 6.07) is 19.8. The van der Waals surface area contributed by atoms with Crippen LogP contribution in [0.25, 0.3) is 0 Å². The normalized spacial score (nSPS) is 11.7. The molecule has 174 valence electrons. The molecule has 0 radical (unpaired) electrons. The average Bonchev–Trinajstić information content (AvgIpc) is 2.79. The maximum absolute atomic E-state index is 12.5. The highest BCUT2D eigenvalue weighted by Crippen LogP contribution is 2.35. The zero-order valence-electron chi connectivity index (χ0n) is 18.8. The van der Waals surface area contributed by atoms with Gasteiger partial charge in [0.1, 0.15) is 6.10 Å². The van der Waals surface area contributed by atoms with E-state index in [-0.39, 0.29) is 6.10 Å². The quantitative estimate of drug-likeness (QED) is 0.351. The van der Waals surface area contributed by atoms with Crippen LogP contribution in [0, 0.1) is 0 Å². The number of carbonyl (C=O) groups excluding carboxylic acids is 1. The number of nitrogens with one attached hydrogen (secondary N) is 2. The molecule has 0 spiro atoms. The van der Waals surface area contributed by atoms with Crippen molar-refractivity contribution in [2.45, 2.75) is 12.5 Å². The van der Waals surface area contributed by atoms with Crippen molar-refractivity contribution in [2.75, 3.05) is 38.4 Å². The second-order valence-electron chi connectivity index (χ2n) is 7.68. The summed E-state index contributed by atoms with van der Waals surface area (Å²) in [7, 11) is 5.64. The summed E-state index contributed by atoms with van der Waals surface area (Å²) >= 11 is 11.9. The molecular weight excluding hydrogens is 461 g/mol. The number of nitrogens with zero attached hydrogens (tertiary/aromatic N) is 1. The Hall–Kier alpha value is -2.93. The first-order chi connectivity index (χ1) is 15.9. The van der Waals surface area contributed by atoms with E-state index in [1.54, 1.807) is 43.5 Å². The van der Waals surface area contributed by atoms with E-state index >= 15 is 0 Å². The van der Waals surface area contributed by atoms with Crippen LogP contribution in [0.1, 0.15) is 18.1 Å². The third kappa shape index (κ3) is 7.29. The van der Waals surface area contributed by atoms with E-state index in [1.807, 2.05) is 44.4 Å². The molecule has 3 rings (SSSR count). The minimum absolute atomic E-state index is 0.178. The molecule has 2 N–H and O–H groups in total. The van der Waals surface area contributed by atoms with Gasteiger partial charge in [-0.15, -0.1) is 0 Å². The minimum Gasteiger partial charge on any atom is -0.493 e. The molecule has 1 unspecified atom stereocenters. The molecule has 0 aliphatic rings. The number of hydrogen-bond donors (Lipinski definition) is 2. The standard InChI is InChI=1S/C25H27Cl2N3O3/c1-30(2)14-13-22(17-7-5-4-6-8-17)33-24-16-19(10-12-23(24)32-3)29-25(31)28-18-9-11-20(26)21(27)15-18/h4-12,15-16,22H,13-14H2,1-3H3,(H2,28,29,31). The third-order valence-corrected chi connectivity index (χ3v) is 5.62. The van der Waals surface area contributed by atoms with Crippen molar-refractivity contribution in [3.8, 4) is 11.5 Å². The predicted molar refractivity (Wildman–Crippen MR) is 135 cm³/mol. The number of rotatable bonds is 9. The number of amides is 2. The van der Waals surface area contributed by atoms with Crippen molar-refractivity contribution in [3.63, 3.8) is 0 Å². The summed E-state index contributed by atoms with van der Waals surface area (Å²) in [5.41, 5.74) is 2.15. The fraction of sp³-hybridized carbons (Fsp3) is 0.240. The third-order valence-electron chi connectivity index (χ3n) is 4.88. The number of methoxy groups -OCH3 is 1. The zero-order chi connectivity index (χ0) is 23.8. The number of anilines is 2. The Bertz CT molecular complexity index is 1080. The first kappa shape index (κ1) is 24.7. The summed E-state index contributed by atoms with van der Waals surface area (Å²) in [5, 5.41) is 6.32. The van der Waals surface area contributed by atoms with Crippen LogP contribution in [-0.2, 0) is 0 Å². The zero-order valence-corrected chi connectivity index (χ0v) is 20.3. The van der Waals surface area contributed by atoms with E-state index in [0.29, 0.717) is 32.9 Å². The largest absolute Gasteiger partial charge is 0.493 e. The van der Waals surface area contributed by atoms with Crippen molar-refractivity contribution >= 4 is 40.6 Å². The summed E-state index contributed by atoms with van der Waals surface area (Å²) in [6.07, 6.45) is 0.609. The van der Waals surface area contributed by atoms with Crippen LogP contribution in [0.4, 0.5) is 16.2 Å². The van der Waals surface area contributed by atoms with E-state index in [9.17, 15) is 4.79 Å². The SMILES string of the molecule is COc1ccc(NC(=O)Nc2ccc(Cl)c(Cl)c2)cc1OC(CCN(C)C)c1ccccc1. The van der Waals surface area contributed by atoms with Gasteiger partial charge in [-0.05, 0) is 50.0 Å². The van der Waals surface area contributed by atoms with Crippen LogP contribution < -0.4 is 20.1 Å². The summed E-state index contributed by atoms with van der Waals surface area (Å²) in [5.74, 6) is 1.12. The molecule has 0 heterocycles. The van der Waals surface area contributed by atoms with Crippen LogP contribution >= 0.6 is 23.2 Å². The van der Waals surface area contributed by atoms with Crippen molar-refractivity contribution in [1.82, 2.24) is 4.90 Å². The molecule has 3 aromatic carbocycles. The fourth-order valence-corrected chi connectivity index (χ4v) is 3.50. The minimum atomic E-state index is -0.420. The number of benzene rings is 3. The maximum Gasteiger partial charge on any atom is 0.323 e. The Morgan fingerprint density at radius 1 is 0.909 bits per heavy atom. The molecule has 0 saturated heterocycles. The van der Waals surface area contributed by atoms with Gasteiger partial charge in [-0.1, -0.05) is 53.5 Å². The first-order valence-corrected chi connectivity index (χ1v) is 11.2. The van der Waals surface area contributed by atoms with Crippen molar-refractivity contribution in [2.24, 2.45) is 0 Å². The van der Waals surface area contributed by atoms with E-state index < -0.39 is 6.03 Å². The molecule has 0 aliphatic heterocycles. The van der Waals surface area contributed by atoms with E-state index in [0.717, 1.165) is 18.5 Å². The van der Waals surface area contributed by atoms with Gasteiger partial charge in [0.2, 0.25) is 0 Å². The topological polar surface area (TPSA) is 62.8 Å². The lowest BCUT2D eigenvalue weighted by atomic mass is 10.1. The Morgan fingerprint density at radius 3 is 2.21 bits per heavy atom. The second kappa shape index (κ2) is 11.8.